The summed E-state index contributed by atoms with van der Waals surface area (Å²) in [7, 11) is 0. The Hall–Kier alpha value is -3.57. The van der Waals surface area contributed by atoms with Gasteiger partial charge in [0.1, 0.15) is 23.3 Å². The molecule has 0 saturated carbocycles. The summed E-state index contributed by atoms with van der Waals surface area (Å²) in [4.78, 5) is 12.9. The Balaban J connectivity index is 2.01. The van der Waals surface area contributed by atoms with Gasteiger partial charge < -0.3 is 15.7 Å². The summed E-state index contributed by atoms with van der Waals surface area (Å²) >= 11 is 0. The van der Waals surface area contributed by atoms with Crippen LogP contribution in [0.1, 0.15) is 5.56 Å². The number of nitrogens with zero attached hydrogens (tertiary/aromatic N) is 4. The molecule has 0 unspecified atom stereocenters. The predicted molar refractivity (Wildman–Crippen MR) is 95.2 cm³/mol. The lowest BCUT2D eigenvalue weighted by molar-refractivity contribution is 0.311. The maximum absolute atomic E-state index is 13.8. The summed E-state index contributed by atoms with van der Waals surface area (Å²) in [5.74, 6) is 0.0259. The van der Waals surface area contributed by atoms with Gasteiger partial charge in [0.25, 0.3) is 0 Å². The molecule has 0 saturated heterocycles. The Morgan fingerprint density at radius 2 is 2.00 bits per heavy atom. The van der Waals surface area contributed by atoms with E-state index in [1.807, 2.05) is 12.1 Å². The van der Waals surface area contributed by atoms with Crippen molar-refractivity contribution in [2.45, 2.75) is 0 Å². The van der Waals surface area contributed by atoms with Crippen LogP contribution in [0.25, 0.3) is 11.4 Å². The number of hydrogen-bond acceptors (Lipinski definition) is 7. The SMILES string of the molecule is N#Cc1c(F)cccc1Nc1cc(-c2ccccn2)nc(NCCO)n1. The largest absolute Gasteiger partial charge is 0.395 e. The maximum Gasteiger partial charge on any atom is 0.225 e. The second kappa shape index (κ2) is 8.00. The second-order valence-corrected chi connectivity index (χ2v) is 5.23. The predicted octanol–water partition coefficient (Wildman–Crippen LogP) is 2.70. The Kier molecular flexibility index (Phi) is 5.31. The van der Waals surface area contributed by atoms with Gasteiger partial charge in [-0.1, -0.05) is 12.1 Å². The smallest absolute Gasteiger partial charge is 0.225 e. The fourth-order valence-electron chi connectivity index (χ4n) is 2.28. The van der Waals surface area contributed by atoms with E-state index in [1.165, 1.54) is 12.1 Å². The summed E-state index contributed by atoms with van der Waals surface area (Å²) in [5, 5.41) is 24.0. The molecule has 3 rings (SSSR count). The highest BCUT2D eigenvalue weighted by Crippen LogP contribution is 2.25. The molecule has 0 atom stereocenters. The Morgan fingerprint density at radius 3 is 2.73 bits per heavy atom. The molecule has 0 aliphatic carbocycles. The van der Waals surface area contributed by atoms with Gasteiger partial charge in [-0.2, -0.15) is 10.2 Å². The van der Waals surface area contributed by atoms with Gasteiger partial charge in [-0.25, -0.2) is 9.37 Å². The van der Waals surface area contributed by atoms with E-state index < -0.39 is 5.82 Å². The van der Waals surface area contributed by atoms with Crippen molar-refractivity contribution in [1.82, 2.24) is 15.0 Å². The fraction of sp³-hybridized carbons (Fsp3) is 0.111. The molecule has 0 aliphatic heterocycles. The zero-order chi connectivity index (χ0) is 18.4. The minimum Gasteiger partial charge on any atom is -0.395 e. The van der Waals surface area contributed by atoms with Crippen molar-refractivity contribution in [3.8, 4) is 17.5 Å². The molecule has 3 N–H and O–H groups in total. The van der Waals surface area contributed by atoms with Crippen LogP contribution in [-0.4, -0.2) is 33.2 Å². The third-order valence-electron chi connectivity index (χ3n) is 3.44. The highest BCUT2D eigenvalue weighted by molar-refractivity contribution is 5.68. The summed E-state index contributed by atoms with van der Waals surface area (Å²) in [5.41, 5.74) is 1.37. The van der Waals surface area contributed by atoms with Crippen molar-refractivity contribution >= 4 is 17.5 Å². The molecular formula is C18H15FN6O. The molecule has 0 aliphatic rings. The van der Waals surface area contributed by atoms with E-state index in [1.54, 1.807) is 30.5 Å². The lowest BCUT2D eigenvalue weighted by Crippen LogP contribution is -2.10. The number of nitriles is 1. The number of nitrogens with one attached hydrogen (secondary N) is 2. The van der Waals surface area contributed by atoms with Gasteiger partial charge in [0.15, 0.2) is 0 Å². The number of rotatable bonds is 6. The first-order valence-electron chi connectivity index (χ1n) is 7.82. The van der Waals surface area contributed by atoms with Crippen molar-refractivity contribution in [2.24, 2.45) is 0 Å². The second-order valence-electron chi connectivity index (χ2n) is 5.23. The number of halogens is 1. The molecule has 0 fully saturated rings. The lowest BCUT2D eigenvalue weighted by Gasteiger charge is -2.12. The third-order valence-corrected chi connectivity index (χ3v) is 3.44. The van der Waals surface area contributed by atoms with Crippen LogP contribution < -0.4 is 10.6 Å². The first-order chi connectivity index (χ1) is 12.7. The Bertz CT molecular complexity index is 942. The van der Waals surface area contributed by atoms with Gasteiger partial charge in [0.05, 0.1) is 23.7 Å². The van der Waals surface area contributed by atoms with Crippen LogP contribution in [0.15, 0.2) is 48.7 Å². The van der Waals surface area contributed by atoms with Crippen LogP contribution >= 0.6 is 0 Å². The van der Waals surface area contributed by atoms with Gasteiger partial charge in [-0.05, 0) is 24.3 Å². The van der Waals surface area contributed by atoms with E-state index >= 15 is 0 Å². The quantitative estimate of drug-likeness (QED) is 0.627. The average Bonchev–Trinajstić information content (AvgIpc) is 2.67. The normalized spacial score (nSPS) is 10.2. The van der Waals surface area contributed by atoms with Crippen LogP contribution in [-0.2, 0) is 0 Å². The first kappa shape index (κ1) is 17.3. The zero-order valence-corrected chi connectivity index (χ0v) is 13.6. The van der Waals surface area contributed by atoms with Crippen LogP contribution in [0.5, 0.6) is 0 Å². The number of benzene rings is 1. The molecule has 0 spiro atoms. The summed E-state index contributed by atoms with van der Waals surface area (Å²) < 4.78 is 13.8. The lowest BCUT2D eigenvalue weighted by atomic mass is 10.2. The third kappa shape index (κ3) is 3.91. The van der Waals surface area contributed by atoms with E-state index in [2.05, 4.69) is 25.6 Å². The van der Waals surface area contributed by atoms with Crippen molar-refractivity contribution in [2.75, 3.05) is 23.8 Å². The standard InChI is InChI=1S/C18H15FN6O/c19-13-4-3-6-14(12(13)11-20)23-17-10-16(15-5-1-2-7-21-15)24-18(25-17)22-8-9-26/h1-7,10,26H,8-9H2,(H2,22,23,24,25). The molecule has 1 aromatic carbocycles. The molecule has 0 radical (unpaired) electrons. The molecule has 130 valence electrons. The number of aliphatic hydroxyl groups excluding tert-OH is 1. The van der Waals surface area contributed by atoms with Gasteiger partial charge in [-0.3, -0.25) is 4.98 Å². The van der Waals surface area contributed by atoms with E-state index in [9.17, 15) is 4.39 Å². The van der Waals surface area contributed by atoms with Crippen molar-refractivity contribution in [3.63, 3.8) is 0 Å². The molecule has 7 nitrogen and oxygen atoms in total. The van der Waals surface area contributed by atoms with E-state index in [0.29, 0.717) is 22.9 Å². The number of hydrogen-bond donors (Lipinski definition) is 3. The zero-order valence-electron chi connectivity index (χ0n) is 13.6. The van der Waals surface area contributed by atoms with Crippen LogP contribution in [0.3, 0.4) is 0 Å². The topological polar surface area (TPSA) is 107 Å². The molecule has 26 heavy (non-hydrogen) atoms. The molecule has 2 aromatic heterocycles. The van der Waals surface area contributed by atoms with Crippen LogP contribution in [0.2, 0.25) is 0 Å². The molecule has 8 heteroatoms. The Morgan fingerprint density at radius 1 is 1.12 bits per heavy atom. The number of pyridine rings is 1. The average molecular weight is 350 g/mol. The van der Waals surface area contributed by atoms with Crippen LogP contribution in [0.4, 0.5) is 21.8 Å². The van der Waals surface area contributed by atoms with Gasteiger partial charge in [0, 0.05) is 18.8 Å². The number of aromatic nitrogens is 3. The minimum absolute atomic E-state index is 0.0809. The molecule has 0 bridgehead atoms. The summed E-state index contributed by atoms with van der Waals surface area (Å²) in [6, 6.07) is 13.2. The minimum atomic E-state index is -0.616. The summed E-state index contributed by atoms with van der Waals surface area (Å²) in [6.45, 7) is 0.191. The van der Waals surface area contributed by atoms with Gasteiger partial charge in [0.2, 0.25) is 5.95 Å². The monoisotopic (exact) mass is 350 g/mol. The van der Waals surface area contributed by atoms with Crippen molar-refractivity contribution in [1.29, 1.82) is 5.26 Å². The van der Waals surface area contributed by atoms with Gasteiger partial charge >= 0.3 is 0 Å². The van der Waals surface area contributed by atoms with E-state index in [4.69, 9.17) is 10.4 Å². The van der Waals surface area contributed by atoms with Crippen molar-refractivity contribution < 1.29 is 9.50 Å². The molecular weight excluding hydrogens is 335 g/mol. The highest BCUT2D eigenvalue weighted by atomic mass is 19.1. The van der Waals surface area contributed by atoms with E-state index in [0.717, 1.165) is 0 Å². The van der Waals surface area contributed by atoms with Crippen LogP contribution in [0, 0.1) is 17.1 Å². The number of anilines is 3. The molecule has 3 aromatic rings. The maximum atomic E-state index is 13.8. The fourth-order valence-corrected chi connectivity index (χ4v) is 2.28. The first-order valence-corrected chi connectivity index (χ1v) is 7.82. The Labute approximate surface area is 149 Å². The highest BCUT2D eigenvalue weighted by Gasteiger charge is 2.11. The van der Waals surface area contributed by atoms with Crippen molar-refractivity contribution in [3.05, 3.63) is 60.0 Å². The molecule has 2 heterocycles. The van der Waals surface area contributed by atoms with E-state index in [-0.39, 0.29) is 24.7 Å². The molecule has 0 amide bonds. The summed E-state index contributed by atoms with van der Waals surface area (Å²) in [6.07, 6.45) is 1.64. The number of aliphatic hydroxyl groups is 1. The van der Waals surface area contributed by atoms with Gasteiger partial charge in [-0.15, -0.1) is 0 Å².